The molecular weight excluding hydrogens is 224 g/mol. The Morgan fingerprint density at radius 2 is 1.89 bits per heavy atom. The average Bonchev–Trinajstić information content (AvgIpc) is 2.38. The van der Waals surface area contributed by atoms with Crippen LogP contribution in [0.2, 0.25) is 0 Å². The highest BCUT2D eigenvalue weighted by Crippen LogP contribution is 2.32. The zero-order chi connectivity index (χ0) is 12.4. The minimum atomic E-state index is 0.639. The summed E-state index contributed by atoms with van der Waals surface area (Å²) in [6.07, 6.45) is 10.3. The fourth-order valence-electron chi connectivity index (χ4n) is 3.44. The molecule has 2 saturated heterocycles. The predicted octanol–water partition coefficient (Wildman–Crippen LogP) is 1.58. The SMILES string of the molecule is CN1C2CCCC1CC(NCc1ncccn1)C2. The lowest BCUT2D eigenvalue weighted by atomic mass is 9.82. The molecular formula is C14H22N4. The van der Waals surface area contributed by atoms with Gasteiger partial charge in [-0.15, -0.1) is 0 Å². The molecule has 18 heavy (non-hydrogen) atoms. The van der Waals surface area contributed by atoms with E-state index < -0.39 is 0 Å². The third-order valence-corrected chi connectivity index (χ3v) is 4.51. The maximum atomic E-state index is 4.27. The van der Waals surface area contributed by atoms with Crippen molar-refractivity contribution in [3.05, 3.63) is 24.3 Å². The molecule has 0 radical (unpaired) electrons. The Morgan fingerprint density at radius 1 is 1.22 bits per heavy atom. The zero-order valence-corrected chi connectivity index (χ0v) is 11.0. The van der Waals surface area contributed by atoms with Crippen molar-refractivity contribution < 1.29 is 0 Å². The van der Waals surface area contributed by atoms with Crippen molar-refractivity contribution >= 4 is 0 Å². The van der Waals surface area contributed by atoms with Crippen LogP contribution in [-0.4, -0.2) is 40.0 Å². The van der Waals surface area contributed by atoms with Crippen LogP contribution >= 0.6 is 0 Å². The van der Waals surface area contributed by atoms with Gasteiger partial charge in [-0.2, -0.15) is 0 Å². The summed E-state index contributed by atoms with van der Waals surface area (Å²) in [5.74, 6) is 0.904. The largest absolute Gasteiger partial charge is 0.307 e. The van der Waals surface area contributed by atoms with Gasteiger partial charge in [0.25, 0.3) is 0 Å². The Kier molecular flexibility index (Phi) is 3.57. The topological polar surface area (TPSA) is 41.0 Å². The molecule has 98 valence electrons. The molecule has 4 nitrogen and oxygen atoms in total. The second-order valence-corrected chi connectivity index (χ2v) is 5.62. The van der Waals surface area contributed by atoms with Gasteiger partial charge in [0.05, 0.1) is 6.54 Å². The first-order valence-corrected chi connectivity index (χ1v) is 7.04. The Bertz CT molecular complexity index is 367. The molecule has 0 aromatic carbocycles. The first-order chi connectivity index (χ1) is 8.83. The highest BCUT2D eigenvalue weighted by atomic mass is 15.2. The van der Waals surface area contributed by atoms with E-state index in [4.69, 9.17) is 0 Å². The third-order valence-electron chi connectivity index (χ3n) is 4.51. The van der Waals surface area contributed by atoms with E-state index in [1.54, 1.807) is 0 Å². The number of hydrogen-bond donors (Lipinski definition) is 1. The van der Waals surface area contributed by atoms with Gasteiger partial charge in [-0.05, 0) is 38.8 Å². The molecule has 2 aliphatic heterocycles. The van der Waals surface area contributed by atoms with E-state index in [0.29, 0.717) is 6.04 Å². The smallest absolute Gasteiger partial charge is 0.141 e. The quantitative estimate of drug-likeness (QED) is 0.879. The molecule has 2 unspecified atom stereocenters. The summed E-state index contributed by atoms with van der Waals surface area (Å²) < 4.78 is 0. The van der Waals surface area contributed by atoms with E-state index in [0.717, 1.165) is 24.5 Å². The van der Waals surface area contributed by atoms with Gasteiger partial charge in [-0.3, -0.25) is 0 Å². The van der Waals surface area contributed by atoms with Gasteiger partial charge < -0.3 is 10.2 Å². The fourth-order valence-corrected chi connectivity index (χ4v) is 3.44. The van der Waals surface area contributed by atoms with Gasteiger partial charge in [-0.25, -0.2) is 9.97 Å². The highest BCUT2D eigenvalue weighted by Gasteiger charge is 2.35. The van der Waals surface area contributed by atoms with E-state index in [1.165, 1.54) is 32.1 Å². The lowest BCUT2D eigenvalue weighted by Gasteiger charge is -2.47. The summed E-state index contributed by atoms with van der Waals surface area (Å²) in [5, 5.41) is 3.64. The maximum absolute atomic E-state index is 4.27. The van der Waals surface area contributed by atoms with Crippen LogP contribution in [0.4, 0.5) is 0 Å². The van der Waals surface area contributed by atoms with Crippen LogP contribution in [0.5, 0.6) is 0 Å². The molecule has 2 fully saturated rings. The fraction of sp³-hybridized carbons (Fsp3) is 0.714. The summed E-state index contributed by atoms with van der Waals surface area (Å²) in [6.45, 7) is 0.800. The van der Waals surface area contributed by atoms with E-state index in [2.05, 4.69) is 27.2 Å². The van der Waals surface area contributed by atoms with Gasteiger partial charge in [-0.1, -0.05) is 6.42 Å². The highest BCUT2D eigenvalue weighted by molar-refractivity contribution is 4.95. The van der Waals surface area contributed by atoms with Crippen LogP contribution in [0.3, 0.4) is 0 Å². The van der Waals surface area contributed by atoms with Crippen molar-refractivity contribution in [2.24, 2.45) is 0 Å². The lowest BCUT2D eigenvalue weighted by Crippen LogP contribution is -2.54. The molecule has 2 aliphatic rings. The van der Waals surface area contributed by atoms with Crippen LogP contribution < -0.4 is 5.32 Å². The Balaban J connectivity index is 1.55. The monoisotopic (exact) mass is 246 g/mol. The minimum Gasteiger partial charge on any atom is -0.307 e. The molecule has 1 aromatic heterocycles. The lowest BCUT2D eigenvalue weighted by molar-refractivity contribution is 0.0481. The Morgan fingerprint density at radius 3 is 2.56 bits per heavy atom. The first kappa shape index (κ1) is 12.1. The van der Waals surface area contributed by atoms with E-state index in [-0.39, 0.29) is 0 Å². The van der Waals surface area contributed by atoms with Crippen molar-refractivity contribution in [2.75, 3.05) is 7.05 Å². The van der Waals surface area contributed by atoms with Crippen LogP contribution in [0.25, 0.3) is 0 Å². The van der Waals surface area contributed by atoms with Gasteiger partial charge in [0.2, 0.25) is 0 Å². The molecule has 4 heteroatoms. The maximum Gasteiger partial charge on any atom is 0.141 e. The second kappa shape index (κ2) is 5.33. The van der Waals surface area contributed by atoms with E-state index >= 15 is 0 Å². The van der Waals surface area contributed by atoms with Crippen molar-refractivity contribution in [2.45, 2.75) is 56.8 Å². The Hall–Kier alpha value is -1.00. The molecule has 2 bridgehead atoms. The number of nitrogens with zero attached hydrogens (tertiary/aromatic N) is 3. The van der Waals surface area contributed by atoms with E-state index in [9.17, 15) is 0 Å². The normalized spacial score (nSPS) is 32.4. The van der Waals surface area contributed by atoms with Gasteiger partial charge in [0.15, 0.2) is 0 Å². The number of aromatic nitrogens is 2. The molecule has 0 amide bonds. The van der Waals surface area contributed by atoms with Gasteiger partial charge >= 0.3 is 0 Å². The molecule has 0 saturated carbocycles. The van der Waals surface area contributed by atoms with Crippen molar-refractivity contribution in [3.63, 3.8) is 0 Å². The molecule has 1 aromatic rings. The predicted molar refractivity (Wildman–Crippen MR) is 71.1 cm³/mol. The number of rotatable bonds is 3. The number of piperidine rings is 2. The molecule has 3 rings (SSSR count). The van der Waals surface area contributed by atoms with Crippen LogP contribution in [0.1, 0.15) is 37.9 Å². The first-order valence-electron chi connectivity index (χ1n) is 7.04. The molecule has 0 spiro atoms. The van der Waals surface area contributed by atoms with Gasteiger partial charge in [0.1, 0.15) is 5.82 Å². The molecule has 1 N–H and O–H groups in total. The van der Waals surface area contributed by atoms with Gasteiger partial charge in [0, 0.05) is 30.5 Å². The zero-order valence-electron chi connectivity index (χ0n) is 11.0. The molecule has 3 heterocycles. The molecule has 2 atom stereocenters. The van der Waals surface area contributed by atoms with Crippen LogP contribution in [0, 0.1) is 0 Å². The van der Waals surface area contributed by atoms with Crippen molar-refractivity contribution in [3.8, 4) is 0 Å². The summed E-state index contributed by atoms with van der Waals surface area (Å²) in [5.41, 5.74) is 0. The Labute approximate surface area is 109 Å². The minimum absolute atomic E-state index is 0.639. The standard InChI is InChI=1S/C14H22N4/c1-18-12-4-2-5-13(18)9-11(8-12)17-10-14-15-6-3-7-16-14/h3,6-7,11-13,17H,2,4-5,8-10H2,1H3. The van der Waals surface area contributed by atoms with Crippen molar-refractivity contribution in [1.29, 1.82) is 0 Å². The van der Waals surface area contributed by atoms with Crippen LogP contribution in [0.15, 0.2) is 18.5 Å². The third kappa shape index (κ3) is 2.54. The summed E-state index contributed by atoms with van der Waals surface area (Å²) in [4.78, 5) is 11.1. The average molecular weight is 246 g/mol. The van der Waals surface area contributed by atoms with Crippen molar-refractivity contribution in [1.82, 2.24) is 20.2 Å². The van der Waals surface area contributed by atoms with E-state index in [1.807, 2.05) is 18.5 Å². The summed E-state index contributed by atoms with van der Waals surface area (Å²) >= 11 is 0. The summed E-state index contributed by atoms with van der Waals surface area (Å²) in [7, 11) is 2.30. The number of nitrogens with one attached hydrogen (secondary N) is 1. The summed E-state index contributed by atoms with van der Waals surface area (Å²) in [6, 6.07) is 4.07. The molecule has 0 aliphatic carbocycles. The second-order valence-electron chi connectivity index (χ2n) is 5.62. The number of fused-ring (bicyclic) bond motifs is 2. The van der Waals surface area contributed by atoms with Crippen LogP contribution in [-0.2, 0) is 6.54 Å². The number of hydrogen-bond acceptors (Lipinski definition) is 4.